The zero-order valence-corrected chi connectivity index (χ0v) is 13.0. The minimum atomic E-state index is 0.0678. The fourth-order valence-corrected chi connectivity index (χ4v) is 2.06. The van der Waals surface area contributed by atoms with Crippen molar-refractivity contribution in [1.29, 1.82) is 0 Å². The van der Waals surface area contributed by atoms with E-state index in [1.54, 1.807) is 0 Å². The summed E-state index contributed by atoms with van der Waals surface area (Å²) in [5, 5.41) is 2.81. The van der Waals surface area contributed by atoms with Gasteiger partial charge in [0, 0.05) is 13.0 Å². The van der Waals surface area contributed by atoms with Crippen molar-refractivity contribution < 1.29 is 4.79 Å². The second kappa shape index (κ2) is 14.2. The van der Waals surface area contributed by atoms with Crippen molar-refractivity contribution in [3.8, 4) is 0 Å². The molecule has 0 radical (unpaired) electrons. The summed E-state index contributed by atoms with van der Waals surface area (Å²) in [6, 6.07) is 0. The molecular weight excluding hydrogens is 252 g/mol. The first kappa shape index (κ1) is 18.7. The molecule has 0 saturated heterocycles. The van der Waals surface area contributed by atoms with E-state index in [0.717, 1.165) is 12.8 Å². The van der Waals surface area contributed by atoms with Gasteiger partial charge in [-0.25, -0.2) is 0 Å². The molecule has 5 heteroatoms. The van der Waals surface area contributed by atoms with Crippen molar-refractivity contribution in [3.63, 3.8) is 0 Å². The maximum absolute atomic E-state index is 11.5. The highest BCUT2D eigenvalue weighted by molar-refractivity contribution is 5.76. The van der Waals surface area contributed by atoms with E-state index in [2.05, 4.69) is 17.2 Å². The summed E-state index contributed by atoms with van der Waals surface area (Å²) in [4.78, 5) is 15.3. The summed E-state index contributed by atoms with van der Waals surface area (Å²) in [6.07, 6.45) is 12.0. The van der Waals surface area contributed by atoms with Gasteiger partial charge < -0.3 is 16.8 Å². The third kappa shape index (κ3) is 14.8. The molecule has 0 aromatic carbocycles. The van der Waals surface area contributed by atoms with Crippen molar-refractivity contribution in [3.05, 3.63) is 0 Å². The van der Waals surface area contributed by atoms with E-state index in [-0.39, 0.29) is 11.9 Å². The number of rotatable bonds is 13. The number of amides is 1. The Morgan fingerprint density at radius 1 is 0.950 bits per heavy atom. The van der Waals surface area contributed by atoms with Gasteiger partial charge in [-0.2, -0.15) is 0 Å². The van der Waals surface area contributed by atoms with Crippen molar-refractivity contribution in [1.82, 2.24) is 5.32 Å². The number of carbonyl (C=O) groups is 1. The topological polar surface area (TPSA) is 93.5 Å². The lowest BCUT2D eigenvalue weighted by atomic mass is 10.1. The largest absolute Gasteiger partial charge is 0.370 e. The lowest BCUT2D eigenvalue weighted by molar-refractivity contribution is -0.121. The Bertz CT molecular complexity index is 263. The number of hydrogen-bond acceptors (Lipinski definition) is 2. The van der Waals surface area contributed by atoms with Crippen LogP contribution in [-0.4, -0.2) is 25.0 Å². The molecule has 1 amide bonds. The van der Waals surface area contributed by atoms with Gasteiger partial charge in [-0.15, -0.1) is 0 Å². The molecule has 5 N–H and O–H groups in total. The van der Waals surface area contributed by atoms with Gasteiger partial charge in [0.05, 0.1) is 6.54 Å². The fraction of sp³-hybridized carbons (Fsp3) is 0.867. The summed E-state index contributed by atoms with van der Waals surface area (Å²) in [5.41, 5.74) is 10.4. The Labute approximate surface area is 123 Å². The molecule has 0 saturated carbocycles. The van der Waals surface area contributed by atoms with E-state index in [1.165, 1.54) is 44.9 Å². The Morgan fingerprint density at radius 3 is 2.05 bits per heavy atom. The smallest absolute Gasteiger partial charge is 0.220 e. The maximum Gasteiger partial charge on any atom is 0.220 e. The third-order valence-corrected chi connectivity index (χ3v) is 3.24. The van der Waals surface area contributed by atoms with Crippen LogP contribution in [0.5, 0.6) is 0 Å². The van der Waals surface area contributed by atoms with E-state index in [0.29, 0.717) is 19.5 Å². The number of aliphatic imine (C=N–C) groups is 1. The van der Waals surface area contributed by atoms with E-state index in [1.807, 2.05) is 0 Å². The molecule has 20 heavy (non-hydrogen) atoms. The van der Waals surface area contributed by atoms with Crippen LogP contribution < -0.4 is 16.8 Å². The molecule has 0 rings (SSSR count). The van der Waals surface area contributed by atoms with Gasteiger partial charge in [0.15, 0.2) is 5.96 Å². The summed E-state index contributed by atoms with van der Waals surface area (Å²) >= 11 is 0. The average molecular weight is 284 g/mol. The van der Waals surface area contributed by atoms with E-state index in [4.69, 9.17) is 11.5 Å². The van der Waals surface area contributed by atoms with Gasteiger partial charge in [0.25, 0.3) is 0 Å². The Balaban J connectivity index is 3.21. The molecule has 0 fully saturated rings. The Kier molecular flexibility index (Phi) is 13.3. The van der Waals surface area contributed by atoms with Crippen LogP contribution in [0, 0.1) is 0 Å². The third-order valence-electron chi connectivity index (χ3n) is 3.24. The summed E-state index contributed by atoms with van der Waals surface area (Å²) < 4.78 is 0. The second-order valence-electron chi connectivity index (χ2n) is 5.23. The summed E-state index contributed by atoms with van der Waals surface area (Å²) in [5.74, 6) is 0.164. The molecule has 0 aromatic rings. The SMILES string of the molecule is CCCCCCCCCCCC(=O)NCCN=C(N)N. The lowest BCUT2D eigenvalue weighted by Crippen LogP contribution is -2.28. The Morgan fingerprint density at radius 2 is 1.50 bits per heavy atom. The number of nitrogens with one attached hydrogen (secondary N) is 1. The standard InChI is InChI=1S/C15H32N4O/c1-2-3-4-5-6-7-8-9-10-11-14(20)18-12-13-19-15(16)17/h2-13H2,1H3,(H,18,20)(H4,16,17,19). The number of unbranched alkanes of at least 4 members (excludes halogenated alkanes) is 8. The van der Waals surface area contributed by atoms with Crippen LogP contribution in [-0.2, 0) is 4.79 Å². The van der Waals surface area contributed by atoms with Gasteiger partial charge in [0.2, 0.25) is 5.91 Å². The van der Waals surface area contributed by atoms with Crippen molar-refractivity contribution in [2.75, 3.05) is 13.1 Å². The van der Waals surface area contributed by atoms with Gasteiger partial charge >= 0.3 is 0 Å². The van der Waals surface area contributed by atoms with Crippen LogP contribution in [0.25, 0.3) is 0 Å². The van der Waals surface area contributed by atoms with E-state index in [9.17, 15) is 4.79 Å². The number of nitrogens with two attached hydrogens (primary N) is 2. The number of nitrogens with zero attached hydrogens (tertiary/aromatic N) is 1. The normalized spacial score (nSPS) is 10.2. The first-order valence-corrected chi connectivity index (χ1v) is 7.99. The summed E-state index contributed by atoms with van der Waals surface area (Å²) in [7, 11) is 0. The van der Waals surface area contributed by atoms with Crippen molar-refractivity contribution >= 4 is 11.9 Å². The highest BCUT2D eigenvalue weighted by Gasteiger charge is 2.00. The van der Waals surface area contributed by atoms with Crippen LogP contribution in [0.15, 0.2) is 4.99 Å². The highest BCUT2D eigenvalue weighted by Crippen LogP contribution is 2.10. The van der Waals surface area contributed by atoms with Gasteiger partial charge in [-0.1, -0.05) is 58.3 Å². The highest BCUT2D eigenvalue weighted by atomic mass is 16.1. The van der Waals surface area contributed by atoms with Crippen molar-refractivity contribution in [2.45, 2.75) is 71.1 Å². The Hall–Kier alpha value is -1.26. The molecule has 0 spiro atoms. The number of carbonyl (C=O) groups excluding carboxylic acids is 1. The van der Waals surface area contributed by atoms with Crippen molar-refractivity contribution in [2.24, 2.45) is 16.5 Å². The second-order valence-corrected chi connectivity index (χ2v) is 5.23. The molecule has 0 aliphatic heterocycles. The predicted molar refractivity (Wildman–Crippen MR) is 85.5 cm³/mol. The first-order valence-electron chi connectivity index (χ1n) is 7.99. The molecule has 0 atom stereocenters. The first-order chi connectivity index (χ1) is 9.66. The molecule has 118 valence electrons. The van der Waals surface area contributed by atoms with Crippen LogP contribution in [0.3, 0.4) is 0 Å². The van der Waals surface area contributed by atoms with Crippen LogP contribution in [0.2, 0.25) is 0 Å². The molecule has 0 aliphatic rings. The quantitative estimate of drug-likeness (QED) is 0.275. The van der Waals surface area contributed by atoms with Crippen LogP contribution in [0.4, 0.5) is 0 Å². The molecule has 0 bridgehead atoms. The van der Waals surface area contributed by atoms with E-state index < -0.39 is 0 Å². The maximum atomic E-state index is 11.5. The fourth-order valence-electron chi connectivity index (χ4n) is 2.06. The monoisotopic (exact) mass is 284 g/mol. The molecule has 0 unspecified atom stereocenters. The molecule has 0 aromatic heterocycles. The van der Waals surface area contributed by atoms with Crippen LogP contribution >= 0.6 is 0 Å². The van der Waals surface area contributed by atoms with E-state index >= 15 is 0 Å². The predicted octanol–water partition coefficient (Wildman–Crippen LogP) is 2.30. The number of guanidine groups is 1. The molecule has 5 nitrogen and oxygen atoms in total. The lowest BCUT2D eigenvalue weighted by Gasteiger charge is -2.04. The van der Waals surface area contributed by atoms with Gasteiger partial charge in [-0.05, 0) is 6.42 Å². The average Bonchev–Trinajstić information content (AvgIpc) is 2.41. The van der Waals surface area contributed by atoms with Gasteiger partial charge in [0.1, 0.15) is 0 Å². The number of hydrogen-bond donors (Lipinski definition) is 3. The van der Waals surface area contributed by atoms with Gasteiger partial charge in [-0.3, -0.25) is 9.79 Å². The molecular formula is C15H32N4O. The zero-order valence-electron chi connectivity index (χ0n) is 13.0. The molecule has 0 heterocycles. The molecule has 0 aliphatic carbocycles. The zero-order chi connectivity index (χ0) is 15.1. The minimum Gasteiger partial charge on any atom is -0.370 e. The minimum absolute atomic E-state index is 0.0678. The summed E-state index contributed by atoms with van der Waals surface area (Å²) in [6.45, 7) is 3.20. The van der Waals surface area contributed by atoms with Crippen LogP contribution in [0.1, 0.15) is 71.1 Å².